The van der Waals surface area contributed by atoms with Gasteiger partial charge in [-0.25, -0.2) is 4.98 Å². The van der Waals surface area contributed by atoms with Gasteiger partial charge in [-0.1, -0.05) is 26.7 Å². The van der Waals surface area contributed by atoms with Crippen LogP contribution in [0.25, 0.3) is 0 Å². The van der Waals surface area contributed by atoms with Crippen LogP contribution in [0.1, 0.15) is 39.5 Å². The molecule has 5 nitrogen and oxygen atoms in total. The molecule has 1 aromatic rings. The lowest BCUT2D eigenvalue weighted by molar-refractivity contribution is -0.137. The highest BCUT2D eigenvalue weighted by atomic mass is 16.2. The van der Waals surface area contributed by atoms with Gasteiger partial charge in [-0.15, -0.1) is 0 Å². The lowest BCUT2D eigenvalue weighted by Gasteiger charge is -2.36. The number of hydrogen-bond acceptors (Lipinski definition) is 3. The van der Waals surface area contributed by atoms with E-state index in [1.165, 1.54) is 0 Å². The van der Waals surface area contributed by atoms with E-state index in [2.05, 4.69) is 33.2 Å². The predicted octanol–water partition coefficient (Wildman–Crippen LogP) is 2.24. The number of rotatable bonds is 8. The first-order valence-electron chi connectivity index (χ1n) is 8.71. The van der Waals surface area contributed by atoms with E-state index in [1.807, 2.05) is 18.7 Å². The van der Waals surface area contributed by atoms with Crippen LogP contribution in [0.4, 0.5) is 0 Å². The molecule has 0 bridgehead atoms. The largest absolute Gasteiger partial charge is 0.340 e. The van der Waals surface area contributed by atoms with Gasteiger partial charge in [-0.3, -0.25) is 9.69 Å². The zero-order valence-corrected chi connectivity index (χ0v) is 14.1. The van der Waals surface area contributed by atoms with Gasteiger partial charge in [-0.2, -0.15) is 0 Å². The van der Waals surface area contributed by atoms with Crippen molar-refractivity contribution >= 4 is 5.91 Å². The van der Waals surface area contributed by atoms with E-state index < -0.39 is 0 Å². The van der Waals surface area contributed by atoms with E-state index in [4.69, 9.17) is 0 Å². The normalized spacial score (nSPS) is 16.4. The van der Waals surface area contributed by atoms with Gasteiger partial charge in [0.25, 0.3) is 0 Å². The maximum atomic E-state index is 12.6. The summed E-state index contributed by atoms with van der Waals surface area (Å²) in [5.41, 5.74) is 0. The van der Waals surface area contributed by atoms with Gasteiger partial charge in [0.2, 0.25) is 5.91 Å². The first kappa shape index (κ1) is 17.0. The Hall–Kier alpha value is -1.36. The zero-order valence-electron chi connectivity index (χ0n) is 14.1. The number of nitrogens with zero attached hydrogens (tertiary/aromatic N) is 4. The number of imidazole rings is 1. The summed E-state index contributed by atoms with van der Waals surface area (Å²) in [7, 11) is 0. The van der Waals surface area contributed by atoms with E-state index in [0.717, 1.165) is 65.0 Å². The average Bonchev–Trinajstić information content (AvgIpc) is 3.06. The van der Waals surface area contributed by atoms with Gasteiger partial charge in [0.05, 0.1) is 6.33 Å². The molecule has 1 amide bonds. The van der Waals surface area contributed by atoms with Gasteiger partial charge >= 0.3 is 0 Å². The van der Waals surface area contributed by atoms with E-state index in [9.17, 15) is 4.79 Å². The molecule has 1 aliphatic rings. The zero-order chi connectivity index (χ0) is 15.8. The molecule has 1 fully saturated rings. The Balaban J connectivity index is 1.74. The summed E-state index contributed by atoms with van der Waals surface area (Å²) >= 11 is 0. The van der Waals surface area contributed by atoms with Gasteiger partial charge in [-0.05, 0) is 12.8 Å². The van der Waals surface area contributed by atoms with Gasteiger partial charge < -0.3 is 9.47 Å². The maximum Gasteiger partial charge on any atom is 0.225 e. The van der Waals surface area contributed by atoms with Crippen molar-refractivity contribution in [2.24, 2.45) is 5.92 Å². The highest BCUT2D eigenvalue weighted by Gasteiger charge is 2.26. The first-order valence-corrected chi connectivity index (χ1v) is 8.71. The van der Waals surface area contributed by atoms with E-state index in [1.54, 1.807) is 0 Å². The molecular formula is C17H30N4O. The Labute approximate surface area is 134 Å². The molecule has 0 radical (unpaired) electrons. The molecule has 1 aromatic heterocycles. The first-order chi connectivity index (χ1) is 10.7. The number of carbonyl (C=O) groups excluding carboxylic acids is 1. The number of carbonyl (C=O) groups is 1. The Morgan fingerprint density at radius 2 is 1.77 bits per heavy atom. The van der Waals surface area contributed by atoms with Gasteiger partial charge in [0, 0.05) is 57.6 Å². The molecule has 0 atom stereocenters. The highest BCUT2D eigenvalue weighted by Crippen LogP contribution is 2.18. The molecule has 0 saturated carbocycles. The Morgan fingerprint density at radius 1 is 1.09 bits per heavy atom. The standard InChI is InChI=1S/C17H30N4O/c1-3-5-16(6-4-2)17(22)21-13-11-19(12-14-21)9-10-20-8-7-18-15-20/h7-8,15-16H,3-6,9-14H2,1-2H3. The summed E-state index contributed by atoms with van der Waals surface area (Å²) in [6.07, 6.45) is 9.95. The van der Waals surface area contributed by atoms with Crippen LogP contribution in [0.5, 0.6) is 0 Å². The summed E-state index contributed by atoms with van der Waals surface area (Å²) in [6, 6.07) is 0. The van der Waals surface area contributed by atoms with Crippen LogP contribution < -0.4 is 0 Å². The minimum atomic E-state index is 0.243. The minimum Gasteiger partial charge on any atom is -0.340 e. The van der Waals surface area contributed by atoms with Crippen molar-refractivity contribution in [1.82, 2.24) is 19.4 Å². The summed E-state index contributed by atoms with van der Waals surface area (Å²) in [4.78, 5) is 21.2. The summed E-state index contributed by atoms with van der Waals surface area (Å²) < 4.78 is 2.11. The number of piperazine rings is 1. The minimum absolute atomic E-state index is 0.243. The average molecular weight is 306 g/mol. The van der Waals surface area contributed by atoms with Crippen molar-refractivity contribution < 1.29 is 4.79 Å². The van der Waals surface area contributed by atoms with Crippen molar-refractivity contribution in [2.45, 2.75) is 46.1 Å². The topological polar surface area (TPSA) is 41.4 Å². The lowest BCUT2D eigenvalue weighted by atomic mass is 9.96. The monoisotopic (exact) mass is 306 g/mol. The van der Waals surface area contributed by atoms with Crippen LogP contribution in [0.2, 0.25) is 0 Å². The molecule has 22 heavy (non-hydrogen) atoms. The number of amides is 1. The molecule has 1 aliphatic heterocycles. The second-order valence-corrected chi connectivity index (χ2v) is 6.24. The van der Waals surface area contributed by atoms with Crippen LogP contribution in [0.15, 0.2) is 18.7 Å². The predicted molar refractivity (Wildman–Crippen MR) is 88.6 cm³/mol. The quantitative estimate of drug-likeness (QED) is 0.739. The van der Waals surface area contributed by atoms with E-state index in [-0.39, 0.29) is 5.92 Å². The van der Waals surface area contributed by atoms with Crippen molar-refractivity contribution in [3.8, 4) is 0 Å². The van der Waals surface area contributed by atoms with Crippen LogP contribution in [-0.2, 0) is 11.3 Å². The molecule has 0 N–H and O–H groups in total. The van der Waals surface area contributed by atoms with E-state index >= 15 is 0 Å². The summed E-state index contributed by atoms with van der Waals surface area (Å²) in [5.74, 6) is 0.630. The molecule has 0 aliphatic carbocycles. The molecule has 0 spiro atoms. The molecule has 2 heterocycles. The van der Waals surface area contributed by atoms with Crippen molar-refractivity contribution in [1.29, 1.82) is 0 Å². The van der Waals surface area contributed by atoms with Gasteiger partial charge in [0.15, 0.2) is 0 Å². The maximum absolute atomic E-state index is 12.6. The molecule has 124 valence electrons. The summed E-state index contributed by atoms with van der Waals surface area (Å²) in [6.45, 7) is 10.1. The molecule has 1 saturated heterocycles. The van der Waals surface area contributed by atoms with Crippen molar-refractivity contribution in [2.75, 3.05) is 32.7 Å². The third-order valence-electron chi connectivity index (χ3n) is 4.54. The fraction of sp³-hybridized carbons (Fsp3) is 0.765. The van der Waals surface area contributed by atoms with Crippen LogP contribution >= 0.6 is 0 Å². The molecule has 2 rings (SSSR count). The molecular weight excluding hydrogens is 276 g/mol. The Kier molecular flexibility index (Phi) is 6.90. The fourth-order valence-electron chi connectivity index (χ4n) is 3.21. The second-order valence-electron chi connectivity index (χ2n) is 6.24. The smallest absolute Gasteiger partial charge is 0.225 e. The summed E-state index contributed by atoms with van der Waals surface area (Å²) in [5, 5.41) is 0. The lowest BCUT2D eigenvalue weighted by Crippen LogP contribution is -2.50. The number of hydrogen-bond donors (Lipinski definition) is 0. The van der Waals surface area contributed by atoms with Crippen LogP contribution in [0.3, 0.4) is 0 Å². The van der Waals surface area contributed by atoms with Gasteiger partial charge in [0.1, 0.15) is 0 Å². The second kappa shape index (κ2) is 8.93. The van der Waals surface area contributed by atoms with Crippen molar-refractivity contribution in [3.05, 3.63) is 18.7 Å². The number of aromatic nitrogens is 2. The van der Waals surface area contributed by atoms with Crippen molar-refractivity contribution in [3.63, 3.8) is 0 Å². The highest BCUT2D eigenvalue weighted by molar-refractivity contribution is 5.78. The molecule has 0 unspecified atom stereocenters. The van der Waals surface area contributed by atoms with Crippen LogP contribution in [0, 0.1) is 5.92 Å². The third kappa shape index (κ3) is 4.83. The van der Waals surface area contributed by atoms with E-state index in [0.29, 0.717) is 5.91 Å². The SMILES string of the molecule is CCCC(CCC)C(=O)N1CCN(CCn2ccnc2)CC1. The molecule has 5 heteroatoms. The fourth-order valence-corrected chi connectivity index (χ4v) is 3.21. The Morgan fingerprint density at radius 3 is 2.32 bits per heavy atom. The Bertz CT molecular complexity index is 418. The molecule has 0 aromatic carbocycles. The third-order valence-corrected chi connectivity index (χ3v) is 4.54. The van der Waals surface area contributed by atoms with Crippen LogP contribution in [-0.4, -0.2) is 58.0 Å².